The van der Waals surface area contributed by atoms with Crippen LogP contribution in [0.25, 0.3) is 22.7 Å². The van der Waals surface area contributed by atoms with Crippen LogP contribution in [0.3, 0.4) is 0 Å². The monoisotopic (exact) mass is 396 g/mol. The van der Waals surface area contributed by atoms with Gasteiger partial charge in [-0.05, 0) is 49.9 Å². The van der Waals surface area contributed by atoms with Gasteiger partial charge in [-0.2, -0.15) is 5.26 Å². The van der Waals surface area contributed by atoms with Gasteiger partial charge in [-0.15, -0.1) is 0 Å². The number of aromatic nitrogens is 2. The lowest BCUT2D eigenvalue weighted by Crippen LogP contribution is -2.13. The second kappa shape index (κ2) is 7.72. The van der Waals surface area contributed by atoms with Crippen molar-refractivity contribution in [3.63, 3.8) is 0 Å². The van der Waals surface area contributed by atoms with Gasteiger partial charge in [0.1, 0.15) is 17.4 Å². The van der Waals surface area contributed by atoms with Crippen molar-refractivity contribution < 1.29 is 9.32 Å². The summed E-state index contributed by atoms with van der Waals surface area (Å²) in [4.78, 5) is 12.8. The standard InChI is InChI=1S/C24H20N4O2/c1-15-11-19(17(3)28(15)23-12-16(2)30-27-23)13-20(14-25)24(29)26-22-10-6-8-18-7-4-5-9-21(18)22/h4-13H,1-3H3,(H,26,29)/b20-13+. The van der Waals surface area contributed by atoms with Crippen LogP contribution in [0.5, 0.6) is 0 Å². The maximum absolute atomic E-state index is 12.8. The van der Waals surface area contributed by atoms with E-state index in [1.807, 2.05) is 86.0 Å². The number of fused-ring (bicyclic) bond motifs is 1. The van der Waals surface area contributed by atoms with Crippen molar-refractivity contribution in [1.82, 2.24) is 9.72 Å². The third kappa shape index (κ3) is 3.49. The van der Waals surface area contributed by atoms with E-state index in [-0.39, 0.29) is 5.57 Å². The maximum atomic E-state index is 12.8. The van der Waals surface area contributed by atoms with E-state index in [0.717, 1.165) is 27.7 Å². The lowest BCUT2D eigenvalue weighted by Gasteiger charge is -2.08. The van der Waals surface area contributed by atoms with Crippen LogP contribution in [-0.2, 0) is 4.79 Å². The minimum absolute atomic E-state index is 0.0273. The molecule has 4 aromatic rings. The average molecular weight is 396 g/mol. The Kier molecular flexibility index (Phi) is 4.95. The molecule has 0 aliphatic carbocycles. The average Bonchev–Trinajstić information content (AvgIpc) is 3.28. The van der Waals surface area contributed by atoms with Crippen LogP contribution in [0, 0.1) is 32.1 Å². The quantitative estimate of drug-likeness (QED) is 0.385. The van der Waals surface area contributed by atoms with Crippen molar-refractivity contribution >= 4 is 28.4 Å². The molecule has 0 radical (unpaired) electrons. The van der Waals surface area contributed by atoms with Crippen LogP contribution in [-0.4, -0.2) is 15.6 Å². The SMILES string of the molecule is Cc1cc(-n2c(C)cc(/C=C(\C#N)C(=O)Nc3cccc4ccccc34)c2C)no1. The predicted octanol–water partition coefficient (Wildman–Crippen LogP) is 5.09. The minimum Gasteiger partial charge on any atom is -0.360 e. The van der Waals surface area contributed by atoms with Crippen molar-refractivity contribution in [2.24, 2.45) is 0 Å². The summed E-state index contributed by atoms with van der Waals surface area (Å²) in [5.74, 6) is 0.929. The summed E-state index contributed by atoms with van der Waals surface area (Å²) in [5, 5.41) is 18.5. The third-order valence-electron chi connectivity index (χ3n) is 5.02. The van der Waals surface area contributed by atoms with Crippen LogP contribution < -0.4 is 5.32 Å². The fraction of sp³-hybridized carbons (Fsp3) is 0.125. The fourth-order valence-corrected chi connectivity index (χ4v) is 3.57. The van der Waals surface area contributed by atoms with Crippen molar-refractivity contribution in [1.29, 1.82) is 5.26 Å². The van der Waals surface area contributed by atoms with Crippen LogP contribution >= 0.6 is 0 Å². The van der Waals surface area contributed by atoms with E-state index in [1.165, 1.54) is 0 Å². The minimum atomic E-state index is -0.448. The molecule has 2 aromatic heterocycles. The van der Waals surface area contributed by atoms with Gasteiger partial charge in [-0.25, -0.2) is 0 Å². The van der Waals surface area contributed by atoms with E-state index >= 15 is 0 Å². The van der Waals surface area contributed by atoms with E-state index < -0.39 is 5.91 Å². The molecule has 148 valence electrons. The molecule has 2 heterocycles. The summed E-state index contributed by atoms with van der Waals surface area (Å²) >= 11 is 0. The van der Waals surface area contributed by atoms with Gasteiger partial charge in [0.15, 0.2) is 5.82 Å². The molecule has 0 fully saturated rings. The first-order chi connectivity index (χ1) is 14.5. The van der Waals surface area contributed by atoms with Crippen molar-refractivity contribution in [2.45, 2.75) is 20.8 Å². The molecule has 0 atom stereocenters. The Bertz CT molecular complexity index is 1330. The number of benzene rings is 2. The summed E-state index contributed by atoms with van der Waals surface area (Å²) in [6.07, 6.45) is 1.60. The van der Waals surface area contributed by atoms with E-state index in [4.69, 9.17) is 4.52 Å². The summed E-state index contributed by atoms with van der Waals surface area (Å²) in [7, 11) is 0. The number of nitrogens with one attached hydrogen (secondary N) is 1. The first kappa shape index (κ1) is 19.2. The van der Waals surface area contributed by atoms with Gasteiger partial charge in [0, 0.05) is 28.5 Å². The number of aryl methyl sites for hydroxylation is 2. The number of hydrogen-bond donors (Lipinski definition) is 1. The number of rotatable bonds is 4. The van der Waals surface area contributed by atoms with Gasteiger partial charge in [-0.1, -0.05) is 41.6 Å². The summed E-state index contributed by atoms with van der Waals surface area (Å²) in [6.45, 7) is 5.69. The largest absolute Gasteiger partial charge is 0.360 e. The second-order valence-corrected chi connectivity index (χ2v) is 7.11. The molecule has 0 saturated heterocycles. The Morgan fingerprint density at radius 1 is 1.13 bits per heavy atom. The smallest absolute Gasteiger partial charge is 0.266 e. The molecule has 1 amide bonds. The lowest BCUT2D eigenvalue weighted by molar-refractivity contribution is -0.112. The third-order valence-corrected chi connectivity index (χ3v) is 5.02. The molecule has 4 rings (SSSR count). The molecule has 0 unspecified atom stereocenters. The first-order valence-electron chi connectivity index (χ1n) is 9.51. The molecule has 6 nitrogen and oxygen atoms in total. The number of carbonyl (C=O) groups is 1. The Morgan fingerprint density at radius 2 is 1.90 bits per heavy atom. The molecule has 1 N–H and O–H groups in total. The molecule has 0 aliphatic rings. The molecule has 0 bridgehead atoms. The van der Waals surface area contributed by atoms with Crippen LogP contribution in [0.1, 0.15) is 22.7 Å². The topological polar surface area (TPSA) is 83.9 Å². The van der Waals surface area contributed by atoms with E-state index in [9.17, 15) is 10.1 Å². The van der Waals surface area contributed by atoms with Crippen LogP contribution in [0.4, 0.5) is 5.69 Å². The molecular weight excluding hydrogens is 376 g/mol. The summed E-state index contributed by atoms with van der Waals surface area (Å²) in [6, 6.07) is 19.2. The van der Waals surface area contributed by atoms with Crippen molar-refractivity contribution in [2.75, 3.05) is 5.32 Å². The van der Waals surface area contributed by atoms with Crippen molar-refractivity contribution in [3.05, 3.63) is 82.9 Å². The van der Waals surface area contributed by atoms with Crippen molar-refractivity contribution in [3.8, 4) is 11.9 Å². The van der Waals surface area contributed by atoms with Gasteiger partial charge in [0.05, 0.1) is 0 Å². The normalized spacial score (nSPS) is 11.5. The summed E-state index contributed by atoms with van der Waals surface area (Å²) < 4.78 is 7.11. The Labute approximate surface area is 174 Å². The highest BCUT2D eigenvalue weighted by Gasteiger charge is 2.16. The number of carbonyl (C=O) groups excluding carboxylic acids is 1. The van der Waals surface area contributed by atoms with Gasteiger partial charge >= 0.3 is 0 Å². The number of nitriles is 1. The van der Waals surface area contributed by atoms with E-state index in [0.29, 0.717) is 17.3 Å². The van der Waals surface area contributed by atoms with Gasteiger partial charge in [0.2, 0.25) is 0 Å². The van der Waals surface area contributed by atoms with Gasteiger partial charge in [-0.3, -0.25) is 9.36 Å². The Hall–Kier alpha value is -4.11. The molecule has 0 saturated carbocycles. The highest BCUT2D eigenvalue weighted by atomic mass is 16.5. The number of nitrogens with zero attached hydrogens (tertiary/aromatic N) is 3. The zero-order valence-corrected chi connectivity index (χ0v) is 16.9. The molecule has 0 spiro atoms. The fourth-order valence-electron chi connectivity index (χ4n) is 3.57. The van der Waals surface area contributed by atoms with Gasteiger partial charge in [0.25, 0.3) is 5.91 Å². The predicted molar refractivity (Wildman–Crippen MR) is 116 cm³/mol. The molecule has 2 aromatic carbocycles. The molecule has 0 aliphatic heterocycles. The number of amides is 1. The number of anilines is 1. The lowest BCUT2D eigenvalue weighted by atomic mass is 10.1. The molecular formula is C24H20N4O2. The van der Waals surface area contributed by atoms with E-state index in [2.05, 4.69) is 10.5 Å². The zero-order chi connectivity index (χ0) is 21.3. The Morgan fingerprint density at radius 3 is 2.63 bits per heavy atom. The zero-order valence-electron chi connectivity index (χ0n) is 16.9. The molecule has 6 heteroatoms. The van der Waals surface area contributed by atoms with E-state index in [1.54, 1.807) is 6.08 Å². The Balaban J connectivity index is 1.67. The molecule has 30 heavy (non-hydrogen) atoms. The van der Waals surface area contributed by atoms with Gasteiger partial charge < -0.3 is 9.84 Å². The highest BCUT2D eigenvalue weighted by molar-refractivity contribution is 6.13. The first-order valence-corrected chi connectivity index (χ1v) is 9.51. The van der Waals surface area contributed by atoms with Crippen LogP contribution in [0.2, 0.25) is 0 Å². The second-order valence-electron chi connectivity index (χ2n) is 7.11. The summed E-state index contributed by atoms with van der Waals surface area (Å²) in [5.41, 5.74) is 3.27. The van der Waals surface area contributed by atoms with Crippen LogP contribution in [0.15, 0.2) is 64.7 Å². The number of hydrogen-bond acceptors (Lipinski definition) is 4. The highest BCUT2D eigenvalue weighted by Crippen LogP contribution is 2.25. The maximum Gasteiger partial charge on any atom is 0.266 e.